The van der Waals surface area contributed by atoms with E-state index < -0.39 is 0 Å². The van der Waals surface area contributed by atoms with Gasteiger partial charge in [0.25, 0.3) is 0 Å². The Kier molecular flexibility index (Phi) is 12.9. The fourth-order valence-corrected chi connectivity index (χ4v) is 3.98. The SMILES string of the molecule is CCC(C)c1ccc(CO)cc1.CCC(C)c1ccc(O)cc1.CCC(C)c1ccc2ccccc2c1. The zero-order valence-corrected chi connectivity index (χ0v) is 23.6. The van der Waals surface area contributed by atoms with E-state index in [0.29, 0.717) is 23.5 Å². The van der Waals surface area contributed by atoms with Gasteiger partial charge in [0.1, 0.15) is 5.75 Å². The lowest BCUT2D eigenvalue weighted by Crippen LogP contribution is -1.91. The van der Waals surface area contributed by atoms with Gasteiger partial charge in [-0.2, -0.15) is 0 Å². The largest absolute Gasteiger partial charge is 0.508 e. The Morgan fingerprint density at radius 2 is 0.973 bits per heavy atom. The summed E-state index contributed by atoms with van der Waals surface area (Å²) in [6.07, 6.45) is 3.52. The number of hydrogen-bond donors (Lipinski definition) is 2. The van der Waals surface area contributed by atoms with Crippen molar-refractivity contribution in [3.8, 4) is 5.75 Å². The molecular weight excluding hydrogens is 452 g/mol. The number of benzene rings is 4. The topological polar surface area (TPSA) is 40.5 Å². The number of fused-ring (bicyclic) bond motifs is 1. The summed E-state index contributed by atoms with van der Waals surface area (Å²) in [4.78, 5) is 0. The van der Waals surface area contributed by atoms with Crippen molar-refractivity contribution in [2.45, 2.75) is 85.2 Å². The third kappa shape index (κ3) is 9.70. The van der Waals surface area contributed by atoms with E-state index in [1.807, 2.05) is 24.3 Å². The predicted octanol–water partition coefficient (Wildman–Crippen LogP) is 9.95. The van der Waals surface area contributed by atoms with Gasteiger partial charge in [-0.15, -0.1) is 0 Å². The van der Waals surface area contributed by atoms with Gasteiger partial charge in [-0.25, -0.2) is 0 Å². The minimum Gasteiger partial charge on any atom is -0.508 e. The van der Waals surface area contributed by atoms with Crippen LogP contribution in [0.3, 0.4) is 0 Å². The van der Waals surface area contributed by atoms with Crippen LogP contribution in [0.5, 0.6) is 5.75 Å². The van der Waals surface area contributed by atoms with Crippen LogP contribution in [0.15, 0.2) is 91.0 Å². The molecule has 0 amide bonds. The maximum Gasteiger partial charge on any atom is 0.115 e. The van der Waals surface area contributed by atoms with E-state index >= 15 is 0 Å². The van der Waals surface area contributed by atoms with Gasteiger partial charge in [-0.05, 0) is 82.2 Å². The number of phenols is 1. The van der Waals surface area contributed by atoms with E-state index in [0.717, 1.165) is 12.0 Å². The summed E-state index contributed by atoms with van der Waals surface area (Å²) >= 11 is 0. The van der Waals surface area contributed by atoms with Crippen molar-refractivity contribution < 1.29 is 10.2 Å². The van der Waals surface area contributed by atoms with Crippen LogP contribution >= 0.6 is 0 Å². The molecule has 3 atom stereocenters. The van der Waals surface area contributed by atoms with Crippen LogP contribution in [0, 0.1) is 0 Å². The van der Waals surface area contributed by atoms with E-state index in [4.69, 9.17) is 10.2 Å². The van der Waals surface area contributed by atoms with Crippen molar-refractivity contribution >= 4 is 10.8 Å². The molecule has 0 aliphatic heterocycles. The highest BCUT2D eigenvalue weighted by molar-refractivity contribution is 5.83. The van der Waals surface area contributed by atoms with Gasteiger partial charge in [-0.1, -0.05) is 120 Å². The fourth-order valence-electron chi connectivity index (χ4n) is 3.98. The number of rotatable bonds is 7. The molecule has 2 heteroatoms. The molecule has 3 unspecified atom stereocenters. The maximum absolute atomic E-state index is 9.01. The van der Waals surface area contributed by atoms with Crippen molar-refractivity contribution in [1.29, 1.82) is 0 Å². The van der Waals surface area contributed by atoms with E-state index in [-0.39, 0.29) is 6.61 Å². The Morgan fingerprint density at radius 1 is 0.541 bits per heavy atom. The molecule has 2 N–H and O–H groups in total. The molecule has 0 aromatic heterocycles. The highest BCUT2D eigenvalue weighted by atomic mass is 16.3. The molecule has 4 rings (SSSR count). The maximum atomic E-state index is 9.01. The molecule has 0 saturated heterocycles. The summed E-state index contributed by atoms with van der Waals surface area (Å²) in [5.74, 6) is 2.23. The highest BCUT2D eigenvalue weighted by Gasteiger charge is 2.03. The molecule has 0 aliphatic rings. The summed E-state index contributed by atoms with van der Waals surface area (Å²) < 4.78 is 0. The molecule has 4 aromatic rings. The third-order valence-electron chi connectivity index (χ3n) is 7.37. The smallest absolute Gasteiger partial charge is 0.115 e. The Morgan fingerprint density at radius 3 is 1.46 bits per heavy atom. The lowest BCUT2D eigenvalue weighted by molar-refractivity contribution is 0.282. The van der Waals surface area contributed by atoms with Crippen LogP contribution in [-0.4, -0.2) is 10.2 Å². The fraction of sp³-hybridized carbons (Fsp3) is 0.371. The lowest BCUT2D eigenvalue weighted by Gasteiger charge is -2.09. The number of aliphatic hydroxyl groups excluding tert-OH is 1. The molecule has 0 radical (unpaired) electrons. The first-order chi connectivity index (χ1) is 17.8. The summed E-state index contributed by atoms with van der Waals surface area (Å²) in [5.41, 5.74) is 5.09. The van der Waals surface area contributed by atoms with E-state index in [1.165, 1.54) is 40.3 Å². The Bertz CT molecular complexity index is 1160. The normalized spacial score (nSPS) is 12.9. The number of aromatic hydroxyl groups is 1. The molecule has 0 saturated carbocycles. The van der Waals surface area contributed by atoms with Gasteiger partial charge in [-0.3, -0.25) is 0 Å². The predicted molar refractivity (Wildman–Crippen MR) is 161 cm³/mol. The summed E-state index contributed by atoms with van der Waals surface area (Å²) in [5, 5.41) is 20.5. The number of hydrogen-bond acceptors (Lipinski definition) is 2. The van der Waals surface area contributed by atoms with Gasteiger partial charge in [0, 0.05) is 0 Å². The third-order valence-corrected chi connectivity index (χ3v) is 7.37. The van der Waals surface area contributed by atoms with Gasteiger partial charge in [0.05, 0.1) is 6.61 Å². The van der Waals surface area contributed by atoms with E-state index in [1.54, 1.807) is 12.1 Å². The van der Waals surface area contributed by atoms with Gasteiger partial charge in [0.15, 0.2) is 0 Å². The van der Waals surface area contributed by atoms with Crippen LogP contribution in [-0.2, 0) is 6.61 Å². The van der Waals surface area contributed by atoms with Gasteiger partial charge < -0.3 is 10.2 Å². The minimum absolute atomic E-state index is 0.140. The second kappa shape index (κ2) is 15.9. The molecule has 0 aliphatic carbocycles. The standard InChI is InChI=1S/C14H16.C11H16O.C10H14O/c1-3-11(2)13-9-8-12-6-4-5-7-14(12)10-13;1-3-9(2)11-6-4-10(8-12)5-7-11;1-3-8(2)9-4-6-10(11)7-5-9/h4-11H,3H2,1-2H3;4-7,9,12H,3,8H2,1-2H3;4-8,11H,3H2,1-2H3. The first-order valence-corrected chi connectivity index (χ1v) is 13.8. The van der Waals surface area contributed by atoms with Gasteiger partial charge >= 0.3 is 0 Å². The molecule has 0 heterocycles. The van der Waals surface area contributed by atoms with Crippen molar-refractivity contribution in [1.82, 2.24) is 0 Å². The molecular formula is C35H46O2. The highest BCUT2D eigenvalue weighted by Crippen LogP contribution is 2.23. The van der Waals surface area contributed by atoms with Crippen molar-refractivity contribution in [3.63, 3.8) is 0 Å². The molecule has 0 fully saturated rings. The number of aliphatic hydroxyl groups is 1. The lowest BCUT2D eigenvalue weighted by atomic mass is 9.96. The summed E-state index contributed by atoms with van der Waals surface area (Å²) in [6.45, 7) is 13.4. The first kappa shape index (κ1) is 30.1. The van der Waals surface area contributed by atoms with Crippen LogP contribution in [0.2, 0.25) is 0 Å². The van der Waals surface area contributed by atoms with Crippen LogP contribution in [0.25, 0.3) is 10.8 Å². The second-order valence-electron chi connectivity index (χ2n) is 10.0. The molecule has 37 heavy (non-hydrogen) atoms. The summed E-state index contributed by atoms with van der Waals surface area (Å²) in [7, 11) is 0. The molecule has 0 bridgehead atoms. The van der Waals surface area contributed by atoms with Crippen molar-refractivity contribution in [2.24, 2.45) is 0 Å². The monoisotopic (exact) mass is 498 g/mol. The Balaban J connectivity index is 0.000000197. The molecule has 4 aromatic carbocycles. The zero-order valence-electron chi connectivity index (χ0n) is 23.6. The molecule has 2 nitrogen and oxygen atoms in total. The van der Waals surface area contributed by atoms with Crippen molar-refractivity contribution in [2.75, 3.05) is 0 Å². The van der Waals surface area contributed by atoms with Crippen LogP contribution < -0.4 is 0 Å². The van der Waals surface area contributed by atoms with Crippen LogP contribution in [0.4, 0.5) is 0 Å². The molecule has 198 valence electrons. The average molecular weight is 499 g/mol. The Hall–Kier alpha value is -3.10. The molecule has 0 spiro atoms. The number of phenolic OH excluding ortho intramolecular Hbond substituents is 1. The zero-order chi connectivity index (χ0) is 27.2. The summed E-state index contributed by atoms with van der Waals surface area (Å²) in [6, 6.07) is 30.9. The first-order valence-electron chi connectivity index (χ1n) is 13.8. The Labute approximate surface area is 225 Å². The van der Waals surface area contributed by atoms with E-state index in [9.17, 15) is 0 Å². The minimum atomic E-state index is 0.140. The van der Waals surface area contributed by atoms with Gasteiger partial charge in [0.2, 0.25) is 0 Å². The average Bonchev–Trinajstić information content (AvgIpc) is 2.96. The van der Waals surface area contributed by atoms with E-state index in [2.05, 4.69) is 96.1 Å². The second-order valence-corrected chi connectivity index (χ2v) is 10.0. The van der Waals surface area contributed by atoms with Crippen LogP contribution in [0.1, 0.15) is 101 Å². The van der Waals surface area contributed by atoms with Crippen molar-refractivity contribution in [3.05, 3.63) is 113 Å². The quantitative estimate of drug-likeness (QED) is 0.266.